The number of hydrogen-bond donors (Lipinski definition) is 1. The summed E-state index contributed by atoms with van der Waals surface area (Å²) in [7, 11) is 0. The fourth-order valence-corrected chi connectivity index (χ4v) is 0.987. The fourth-order valence-electron chi connectivity index (χ4n) is 0.987. The molecule has 0 saturated carbocycles. The molecule has 0 aliphatic heterocycles. The van der Waals surface area contributed by atoms with Crippen LogP contribution in [0.3, 0.4) is 0 Å². The van der Waals surface area contributed by atoms with Gasteiger partial charge in [0.1, 0.15) is 11.7 Å². The van der Waals surface area contributed by atoms with E-state index < -0.39 is 29.7 Å². The molecule has 1 unspecified atom stereocenters. The maximum Gasteiger partial charge on any atom is 0.433 e. The molecule has 1 N–H and O–H groups in total. The zero-order valence-corrected chi connectivity index (χ0v) is 8.06. The zero-order chi connectivity index (χ0) is 13.1. The highest BCUT2D eigenvalue weighted by atomic mass is 19.4. The van der Waals surface area contributed by atoms with Crippen molar-refractivity contribution < 1.29 is 27.9 Å². The fraction of sp³-hybridized carbons (Fsp3) is 0.250. The number of halogens is 3. The smallest absolute Gasteiger partial charge is 0.433 e. The summed E-state index contributed by atoms with van der Waals surface area (Å²) in [6.45, 7) is 0. The van der Waals surface area contributed by atoms with Crippen LogP contribution < -0.4 is 10.4 Å². The number of carboxylic acids is 1. The monoisotopic (exact) mass is 248 g/mol. The molecule has 0 bridgehead atoms. The minimum absolute atomic E-state index is 0.00406. The highest BCUT2D eigenvalue weighted by Crippen LogP contribution is 2.27. The molecule has 0 aliphatic carbocycles. The SMILES string of the molecule is O=CNC(C(=O)[O-])c1nccc(C(F)(F)F)n1. The van der Waals surface area contributed by atoms with Gasteiger partial charge < -0.3 is 15.2 Å². The Hall–Kier alpha value is -2.19. The van der Waals surface area contributed by atoms with E-state index in [1.54, 1.807) is 5.32 Å². The van der Waals surface area contributed by atoms with Gasteiger partial charge in [-0.05, 0) is 6.07 Å². The van der Waals surface area contributed by atoms with Crippen molar-refractivity contribution in [2.24, 2.45) is 0 Å². The van der Waals surface area contributed by atoms with E-state index in [4.69, 9.17) is 0 Å². The molecule has 0 fully saturated rings. The zero-order valence-electron chi connectivity index (χ0n) is 8.06. The van der Waals surface area contributed by atoms with Crippen LogP contribution in [-0.4, -0.2) is 22.3 Å². The Bertz CT molecular complexity index is 436. The number of nitrogens with zero attached hydrogens (tertiary/aromatic N) is 2. The Kier molecular flexibility index (Phi) is 3.61. The van der Waals surface area contributed by atoms with Crippen molar-refractivity contribution in [1.29, 1.82) is 0 Å². The second-order valence-electron chi connectivity index (χ2n) is 2.83. The number of aliphatic carboxylic acids is 1. The van der Waals surface area contributed by atoms with Gasteiger partial charge in [-0.1, -0.05) is 0 Å². The molecule has 0 radical (unpaired) electrons. The third kappa shape index (κ3) is 3.13. The van der Waals surface area contributed by atoms with Gasteiger partial charge in [0.15, 0.2) is 5.82 Å². The minimum atomic E-state index is -4.73. The molecule has 1 rings (SSSR count). The lowest BCUT2D eigenvalue weighted by molar-refractivity contribution is -0.309. The van der Waals surface area contributed by atoms with Gasteiger partial charge in [0, 0.05) is 6.20 Å². The first kappa shape index (κ1) is 12.9. The molecule has 0 aliphatic rings. The number of alkyl halides is 3. The predicted octanol–water partition coefficient (Wildman–Crippen LogP) is -0.968. The summed E-state index contributed by atoms with van der Waals surface area (Å²) in [6, 6.07) is -1.24. The summed E-state index contributed by atoms with van der Waals surface area (Å²) in [4.78, 5) is 27.0. The second kappa shape index (κ2) is 4.76. The maximum atomic E-state index is 12.3. The topological polar surface area (TPSA) is 95.0 Å². The van der Waals surface area contributed by atoms with E-state index >= 15 is 0 Å². The van der Waals surface area contributed by atoms with E-state index in [1.165, 1.54) is 0 Å². The van der Waals surface area contributed by atoms with Crippen molar-refractivity contribution >= 4 is 12.4 Å². The van der Waals surface area contributed by atoms with Crippen molar-refractivity contribution in [3.63, 3.8) is 0 Å². The van der Waals surface area contributed by atoms with Crippen LogP contribution in [0.1, 0.15) is 17.6 Å². The van der Waals surface area contributed by atoms with Gasteiger partial charge in [-0.3, -0.25) is 4.79 Å². The van der Waals surface area contributed by atoms with Crippen LogP contribution in [0.25, 0.3) is 0 Å². The van der Waals surface area contributed by atoms with E-state index in [2.05, 4.69) is 9.97 Å². The van der Waals surface area contributed by atoms with Crippen LogP contribution in [0.4, 0.5) is 13.2 Å². The first-order valence-corrected chi connectivity index (χ1v) is 4.17. The van der Waals surface area contributed by atoms with Crippen LogP contribution in [0.2, 0.25) is 0 Å². The number of carboxylic acid groups (broad SMARTS) is 1. The first-order valence-electron chi connectivity index (χ1n) is 4.17. The Morgan fingerprint density at radius 1 is 1.53 bits per heavy atom. The van der Waals surface area contributed by atoms with Crippen molar-refractivity contribution in [1.82, 2.24) is 15.3 Å². The minimum Gasteiger partial charge on any atom is -0.547 e. The van der Waals surface area contributed by atoms with Gasteiger partial charge in [0.05, 0.1) is 5.97 Å². The lowest BCUT2D eigenvalue weighted by atomic mass is 10.2. The van der Waals surface area contributed by atoms with Crippen molar-refractivity contribution in [3.05, 3.63) is 23.8 Å². The van der Waals surface area contributed by atoms with Crippen LogP contribution in [0.5, 0.6) is 0 Å². The Morgan fingerprint density at radius 2 is 2.18 bits per heavy atom. The van der Waals surface area contributed by atoms with Gasteiger partial charge in [0.2, 0.25) is 6.41 Å². The van der Waals surface area contributed by atoms with Crippen LogP contribution >= 0.6 is 0 Å². The standard InChI is InChI=1S/C8H6F3N3O3/c9-8(10,11)4-1-2-12-6(14-4)5(7(16)17)13-3-15/h1-3,5H,(H,13,15)(H,16,17)/p-1. The molecule has 1 amide bonds. The highest BCUT2D eigenvalue weighted by molar-refractivity contribution is 5.75. The molecule has 1 atom stereocenters. The maximum absolute atomic E-state index is 12.3. The molecule has 1 aromatic rings. The molecule has 1 heterocycles. The summed E-state index contributed by atoms with van der Waals surface area (Å²) < 4.78 is 36.8. The third-order valence-corrected chi connectivity index (χ3v) is 1.69. The Labute approximate surface area is 92.5 Å². The van der Waals surface area contributed by atoms with Crippen LogP contribution in [-0.2, 0) is 15.8 Å². The molecule has 17 heavy (non-hydrogen) atoms. The summed E-state index contributed by atoms with van der Waals surface area (Å²) in [5.41, 5.74) is -1.30. The summed E-state index contributed by atoms with van der Waals surface area (Å²) in [5.74, 6) is -2.51. The third-order valence-electron chi connectivity index (χ3n) is 1.69. The Morgan fingerprint density at radius 3 is 2.65 bits per heavy atom. The average molecular weight is 248 g/mol. The van der Waals surface area contributed by atoms with Gasteiger partial charge in [-0.2, -0.15) is 13.2 Å². The van der Waals surface area contributed by atoms with Gasteiger partial charge in [-0.15, -0.1) is 0 Å². The lowest BCUT2D eigenvalue weighted by Gasteiger charge is -2.16. The number of hydrogen-bond acceptors (Lipinski definition) is 5. The highest BCUT2D eigenvalue weighted by Gasteiger charge is 2.33. The molecule has 92 valence electrons. The van der Waals surface area contributed by atoms with Crippen molar-refractivity contribution in [2.75, 3.05) is 0 Å². The van der Waals surface area contributed by atoms with Crippen molar-refractivity contribution in [3.8, 4) is 0 Å². The van der Waals surface area contributed by atoms with Gasteiger partial charge in [0.25, 0.3) is 0 Å². The molecule has 0 aromatic carbocycles. The normalized spacial score (nSPS) is 12.9. The predicted molar refractivity (Wildman–Crippen MR) is 44.0 cm³/mol. The summed E-state index contributed by atoms with van der Waals surface area (Å²) >= 11 is 0. The summed E-state index contributed by atoms with van der Waals surface area (Å²) in [5, 5.41) is 12.3. The average Bonchev–Trinajstić information content (AvgIpc) is 2.24. The number of carbonyl (C=O) groups excluding carboxylic acids is 2. The summed E-state index contributed by atoms with van der Waals surface area (Å²) in [6.07, 6.45) is -3.98. The van der Waals surface area contributed by atoms with Gasteiger partial charge in [-0.25, -0.2) is 9.97 Å². The van der Waals surface area contributed by atoms with E-state index in [0.29, 0.717) is 6.07 Å². The lowest BCUT2D eigenvalue weighted by Crippen LogP contribution is -2.39. The first-order chi connectivity index (χ1) is 7.86. The molecule has 9 heteroatoms. The number of aromatic nitrogens is 2. The molecule has 0 saturated heterocycles. The van der Waals surface area contributed by atoms with E-state index in [0.717, 1.165) is 6.20 Å². The van der Waals surface area contributed by atoms with Gasteiger partial charge >= 0.3 is 6.18 Å². The largest absolute Gasteiger partial charge is 0.547 e. The molecule has 1 aromatic heterocycles. The van der Waals surface area contributed by atoms with Crippen LogP contribution in [0.15, 0.2) is 12.3 Å². The number of nitrogens with one attached hydrogen (secondary N) is 1. The van der Waals surface area contributed by atoms with Crippen LogP contribution in [0, 0.1) is 0 Å². The number of amides is 1. The molecular formula is C8H5F3N3O3-. The molecular weight excluding hydrogens is 243 g/mol. The molecule has 6 nitrogen and oxygen atoms in total. The van der Waals surface area contributed by atoms with Crippen molar-refractivity contribution in [2.45, 2.75) is 12.2 Å². The van der Waals surface area contributed by atoms with E-state index in [-0.39, 0.29) is 6.41 Å². The Balaban J connectivity index is 3.13. The number of rotatable bonds is 4. The number of carbonyl (C=O) groups is 2. The van der Waals surface area contributed by atoms with E-state index in [1.807, 2.05) is 0 Å². The second-order valence-corrected chi connectivity index (χ2v) is 2.83. The van der Waals surface area contributed by atoms with E-state index in [9.17, 15) is 27.9 Å². The molecule has 0 spiro atoms. The quantitative estimate of drug-likeness (QED) is 0.692.